The van der Waals surface area contributed by atoms with Gasteiger partial charge in [0.15, 0.2) is 0 Å². The third-order valence-electron chi connectivity index (χ3n) is 3.06. The molecule has 0 radical (unpaired) electrons. The summed E-state index contributed by atoms with van der Waals surface area (Å²) in [7, 11) is 1.63. The van der Waals surface area contributed by atoms with Crippen molar-refractivity contribution in [1.29, 1.82) is 0 Å². The maximum atomic E-state index is 12.3. The lowest BCUT2D eigenvalue weighted by atomic mass is 9.79. The summed E-state index contributed by atoms with van der Waals surface area (Å²) in [6, 6.07) is 0. The Morgan fingerprint density at radius 2 is 2.41 bits per heavy atom. The fourth-order valence-corrected chi connectivity index (χ4v) is 2.50. The van der Waals surface area contributed by atoms with Crippen molar-refractivity contribution in [2.24, 2.45) is 5.41 Å². The summed E-state index contributed by atoms with van der Waals surface area (Å²) in [5.74, 6) is 0.00639. The third kappa shape index (κ3) is 2.80. The van der Waals surface area contributed by atoms with E-state index in [1.165, 1.54) is 11.5 Å². The van der Waals surface area contributed by atoms with Gasteiger partial charge in [-0.15, -0.1) is 5.10 Å². The smallest absolute Gasteiger partial charge is 0.233 e. The molecule has 1 aliphatic rings. The molecule has 1 fully saturated rings. The molecule has 7 heteroatoms. The number of nitrogens with zero attached hydrogens (tertiary/aromatic N) is 2. The summed E-state index contributed by atoms with van der Waals surface area (Å²) in [5.41, 5.74) is -0.427. The molecule has 0 bridgehead atoms. The van der Waals surface area contributed by atoms with Crippen LogP contribution in [0.15, 0.2) is 6.20 Å². The second kappa shape index (κ2) is 5.52. The molecular weight excluding hydrogens is 240 g/mol. The van der Waals surface area contributed by atoms with Crippen LogP contribution in [0.1, 0.15) is 12.8 Å². The monoisotopic (exact) mass is 256 g/mol. The summed E-state index contributed by atoms with van der Waals surface area (Å²) in [5, 5.41) is 10.5. The summed E-state index contributed by atoms with van der Waals surface area (Å²) in [6.07, 6.45) is 3.14. The van der Waals surface area contributed by atoms with Gasteiger partial charge in [0.2, 0.25) is 5.91 Å². The first kappa shape index (κ1) is 12.4. The predicted molar refractivity (Wildman–Crippen MR) is 65.0 cm³/mol. The van der Waals surface area contributed by atoms with Crippen LogP contribution in [0, 0.1) is 5.41 Å². The molecule has 0 spiro atoms. The number of carbonyl (C=O) groups is 1. The second-order valence-electron chi connectivity index (χ2n) is 4.20. The maximum Gasteiger partial charge on any atom is 0.233 e. The zero-order valence-corrected chi connectivity index (χ0v) is 10.5. The molecule has 0 saturated carbocycles. The van der Waals surface area contributed by atoms with Crippen LogP contribution in [0.25, 0.3) is 0 Å². The number of ether oxygens (including phenoxy) is 1. The van der Waals surface area contributed by atoms with Crippen molar-refractivity contribution in [2.75, 3.05) is 32.1 Å². The molecule has 2 heterocycles. The topological polar surface area (TPSA) is 76.1 Å². The number of aromatic nitrogens is 2. The molecule has 2 N–H and O–H groups in total. The highest BCUT2D eigenvalue weighted by Gasteiger charge is 2.39. The Kier molecular flexibility index (Phi) is 4.03. The first-order valence-corrected chi connectivity index (χ1v) is 6.33. The van der Waals surface area contributed by atoms with Crippen molar-refractivity contribution in [3.63, 3.8) is 0 Å². The molecule has 1 aliphatic heterocycles. The van der Waals surface area contributed by atoms with E-state index < -0.39 is 5.41 Å². The molecule has 1 aromatic rings. The predicted octanol–water partition coefficient (Wildman–Crippen LogP) is 0.493. The minimum atomic E-state index is -0.427. The van der Waals surface area contributed by atoms with E-state index in [9.17, 15) is 4.79 Å². The van der Waals surface area contributed by atoms with Crippen LogP contribution in [0.3, 0.4) is 0 Å². The number of amides is 1. The molecule has 1 aromatic heterocycles. The van der Waals surface area contributed by atoms with E-state index in [4.69, 9.17) is 4.74 Å². The normalized spacial score (nSPS) is 18.9. The van der Waals surface area contributed by atoms with E-state index >= 15 is 0 Å². The van der Waals surface area contributed by atoms with E-state index in [2.05, 4.69) is 20.2 Å². The van der Waals surface area contributed by atoms with Crippen molar-refractivity contribution >= 4 is 22.4 Å². The molecule has 6 nitrogen and oxygen atoms in total. The Bertz CT molecular complexity index is 357. The van der Waals surface area contributed by atoms with Crippen molar-refractivity contribution in [3.8, 4) is 0 Å². The first-order valence-electron chi connectivity index (χ1n) is 5.55. The van der Waals surface area contributed by atoms with Gasteiger partial charge in [0.1, 0.15) is 5.00 Å². The van der Waals surface area contributed by atoms with Gasteiger partial charge < -0.3 is 15.4 Å². The average molecular weight is 256 g/mol. The van der Waals surface area contributed by atoms with Gasteiger partial charge in [-0.3, -0.25) is 4.79 Å². The lowest BCUT2D eigenvalue weighted by Crippen LogP contribution is -2.47. The summed E-state index contributed by atoms with van der Waals surface area (Å²) >= 11 is 1.18. The van der Waals surface area contributed by atoms with E-state index in [1.807, 2.05) is 0 Å². The number of anilines is 1. The summed E-state index contributed by atoms with van der Waals surface area (Å²) < 4.78 is 8.93. The highest BCUT2D eigenvalue weighted by atomic mass is 32.1. The fourth-order valence-electron chi connectivity index (χ4n) is 2.09. The third-order valence-corrected chi connectivity index (χ3v) is 3.64. The number of carbonyl (C=O) groups excluding carboxylic acids is 1. The largest absolute Gasteiger partial charge is 0.384 e. The molecule has 1 saturated heterocycles. The quantitative estimate of drug-likeness (QED) is 0.820. The zero-order valence-electron chi connectivity index (χ0n) is 9.73. The van der Waals surface area contributed by atoms with Crippen LogP contribution in [0.4, 0.5) is 5.00 Å². The van der Waals surface area contributed by atoms with Gasteiger partial charge in [-0.25, -0.2) is 0 Å². The number of rotatable bonds is 4. The molecule has 2 rings (SSSR count). The molecule has 0 aliphatic carbocycles. The lowest BCUT2D eigenvalue weighted by Gasteiger charge is -2.35. The van der Waals surface area contributed by atoms with Crippen LogP contribution in [-0.2, 0) is 9.53 Å². The van der Waals surface area contributed by atoms with Crippen LogP contribution in [0.2, 0.25) is 0 Å². The van der Waals surface area contributed by atoms with Gasteiger partial charge in [0.05, 0.1) is 18.2 Å². The van der Waals surface area contributed by atoms with Gasteiger partial charge in [-0.1, -0.05) is 4.49 Å². The van der Waals surface area contributed by atoms with Crippen molar-refractivity contribution in [2.45, 2.75) is 12.8 Å². The number of hydrogen-bond donors (Lipinski definition) is 2. The van der Waals surface area contributed by atoms with E-state index in [0.29, 0.717) is 11.6 Å². The minimum Gasteiger partial charge on any atom is -0.384 e. The first-order chi connectivity index (χ1) is 8.27. The maximum absolute atomic E-state index is 12.3. The van der Waals surface area contributed by atoms with Crippen LogP contribution < -0.4 is 10.6 Å². The molecule has 1 amide bonds. The van der Waals surface area contributed by atoms with Crippen LogP contribution in [0.5, 0.6) is 0 Å². The number of hydrogen-bond acceptors (Lipinski definition) is 6. The molecule has 0 atom stereocenters. The SMILES string of the molecule is COCC1(C(=O)Nc2cnns2)CCNCC1. The molecule has 94 valence electrons. The molecule has 0 unspecified atom stereocenters. The molecule has 0 aromatic carbocycles. The molecule has 17 heavy (non-hydrogen) atoms. The van der Waals surface area contributed by atoms with Gasteiger partial charge in [-0.2, -0.15) is 0 Å². The number of piperidine rings is 1. The van der Waals surface area contributed by atoms with E-state index in [1.54, 1.807) is 13.3 Å². The zero-order chi connectivity index (χ0) is 12.1. The average Bonchev–Trinajstić information content (AvgIpc) is 2.83. The number of methoxy groups -OCH3 is 1. The fraction of sp³-hybridized carbons (Fsp3) is 0.700. The number of nitrogens with one attached hydrogen (secondary N) is 2. The minimum absolute atomic E-state index is 0.00639. The van der Waals surface area contributed by atoms with Crippen molar-refractivity contribution in [1.82, 2.24) is 14.9 Å². The van der Waals surface area contributed by atoms with Gasteiger partial charge in [0.25, 0.3) is 0 Å². The highest BCUT2D eigenvalue weighted by molar-refractivity contribution is 7.10. The summed E-state index contributed by atoms with van der Waals surface area (Å²) in [4.78, 5) is 12.3. The second-order valence-corrected chi connectivity index (χ2v) is 4.98. The van der Waals surface area contributed by atoms with E-state index in [-0.39, 0.29) is 5.91 Å². The Morgan fingerprint density at radius 1 is 1.65 bits per heavy atom. The Balaban J connectivity index is 2.06. The summed E-state index contributed by atoms with van der Waals surface area (Å²) in [6.45, 7) is 2.14. The van der Waals surface area contributed by atoms with E-state index in [0.717, 1.165) is 25.9 Å². The van der Waals surface area contributed by atoms with Crippen molar-refractivity contribution in [3.05, 3.63) is 6.20 Å². The van der Waals surface area contributed by atoms with Gasteiger partial charge in [-0.05, 0) is 25.9 Å². The molecular formula is C10H16N4O2S. The Hall–Kier alpha value is -1.05. The van der Waals surface area contributed by atoms with Gasteiger partial charge >= 0.3 is 0 Å². The Morgan fingerprint density at radius 3 is 3.00 bits per heavy atom. The lowest BCUT2D eigenvalue weighted by molar-refractivity contribution is -0.130. The van der Waals surface area contributed by atoms with Gasteiger partial charge in [0, 0.05) is 18.6 Å². The van der Waals surface area contributed by atoms with Crippen molar-refractivity contribution < 1.29 is 9.53 Å². The van der Waals surface area contributed by atoms with Crippen LogP contribution >= 0.6 is 11.5 Å². The Labute approximate surface area is 104 Å². The highest BCUT2D eigenvalue weighted by Crippen LogP contribution is 2.31. The van der Waals surface area contributed by atoms with Crippen LogP contribution in [-0.4, -0.2) is 42.3 Å². The standard InChI is InChI=1S/C10H16N4O2S/c1-16-7-10(2-4-11-5-3-10)9(15)13-8-6-12-14-17-8/h6,11H,2-5,7H2,1H3,(H,13,15).